The molecular weight excluding hydrogens is 347 g/mol. The maximum absolute atomic E-state index is 14.4. The van der Waals surface area contributed by atoms with Gasteiger partial charge in [0.1, 0.15) is 5.82 Å². The summed E-state index contributed by atoms with van der Waals surface area (Å²) in [6, 6.07) is 23.8. The van der Waals surface area contributed by atoms with E-state index in [-0.39, 0.29) is 5.82 Å². The Kier molecular flexibility index (Phi) is 6.96. The lowest BCUT2D eigenvalue weighted by atomic mass is 9.98. The van der Waals surface area contributed by atoms with E-state index < -0.39 is 0 Å². The van der Waals surface area contributed by atoms with Gasteiger partial charge in [0.2, 0.25) is 0 Å². The molecule has 0 bridgehead atoms. The van der Waals surface area contributed by atoms with Crippen molar-refractivity contribution >= 4 is 0 Å². The third-order valence-electron chi connectivity index (χ3n) is 4.93. The fourth-order valence-corrected chi connectivity index (χ4v) is 3.47. The average molecular weight is 377 g/mol. The molecule has 0 amide bonds. The van der Waals surface area contributed by atoms with Crippen LogP contribution < -0.4 is 0 Å². The molecule has 3 aromatic carbocycles. The summed E-state index contributed by atoms with van der Waals surface area (Å²) in [4.78, 5) is 4.64. The minimum Gasteiger partial charge on any atom is -0.308 e. The first-order chi connectivity index (χ1) is 13.5. The van der Waals surface area contributed by atoms with Crippen LogP contribution in [-0.2, 0) is 13.1 Å². The Hall–Kier alpha value is -2.49. The summed E-state index contributed by atoms with van der Waals surface area (Å²) in [5.41, 5.74) is 5.37. The van der Waals surface area contributed by atoms with E-state index in [1.165, 1.54) is 17.2 Å². The molecule has 0 radical (unpaired) electrons. The third kappa shape index (κ3) is 5.51. The molecule has 0 aliphatic rings. The van der Waals surface area contributed by atoms with Crippen LogP contribution in [0.25, 0.3) is 11.1 Å². The molecule has 0 heterocycles. The summed E-state index contributed by atoms with van der Waals surface area (Å²) in [6.45, 7) is 5.72. The number of hydrogen-bond acceptors (Lipinski definition) is 2. The predicted octanol–water partition coefficient (Wildman–Crippen LogP) is 5.36. The molecule has 3 heteroatoms. The molecule has 0 saturated carbocycles. The second-order valence-corrected chi connectivity index (χ2v) is 7.64. The van der Waals surface area contributed by atoms with Crippen LogP contribution in [0.1, 0.15) is 16.7 Å². The lowest BCUT2D eigenvalue weighted by molar-refractivity contribution is 0.226. The second-order valence-electron chi connectivity index (χ2n) is 7.64. The first kappa shape index (κ1) is 20.2. The SMILES string of the molecule is Cc1cccc(CN(CCN(C)C)Cc2ccccc2-c2ccccc2F)c1. The number of rotatable bonds is 8. The molecule has 3 rings (SSSR count). The molecule has 3 aromatic rings. The zero-order valence-corrected chi connectivity index (χ0v) is 17.0. The largest absolute Gasteiger partial charge is 0.308 e. The van der Waals surface area contributed by atoms with Gasteiger partial charge in [-0.05, 0) is 43.8 Å². The molecule has 0 unspecified atom stereocenters. The van der Waals surface area contributed by atoms with Gasteiger partial charge in [0, 0.05) is 31.7 Å². The van der Waals surface area contributed by atoms with Crippen molar-refractivity contribution in [3.8, 4) is 11.1 Å². The van der Waals surface area contributed by atoms with Gasteiger partial charge in [-0.25, -0.2) is 4.39 Å². The summed E-state index contributed by atoms with van der Waals surface area (Å²) in [7, 11) is 4.19. The molecule has 0 saturated heterocycles. The van der Waals surface area contributed by atoms with Gasteiger partial charge in [0.05, 0.1) is 0 Å². The highest BCUT2D eigenvalue weighted by atomic mass is 19.1. The molecule has 2 nitrogen and oxygen atoms in total. The maximum Gasteiger partial charge on any atom is 0.131 e. The highest BCUT2D eigenvalue weighted by molar-refractivity contribution is 5.67. The van der Waals surface area contributed by atoms with Crippen LogP contribution in [0.5, 0.6) is 0 Å². The van der Waals surface area contributed by atoms with Crippen molar-refractivity contribution in [3.63, 3.8) is 0 Å². The number of aryl methyl sites for hydroxylation is 1. The van der Waals surface area contributed by atoms with E-state index in [1.807, 2.05) is 30.3 Å². The smallest absolute Gasteiger partial charge is 0.131 e. The van der Waals surface area contributed by atoms with E-state index in [1.54, 1.807) is 6.07 Å². The van der Waals surface area contributed by atoms with Crippen molar-refractivity contribution in [1.29, 1.82) is 0 Å². The van der Waals surface area contributed by atoms with Crippen molar-refractivity contribution in [1.82, 2.24) is 9.80 Å². The van der Waals surface area contributed by atoms with Crippen LogP contribution in [-0.4, -0.2) is 37.0 Å². The molecule has 0 fully saturated rings. The monoisotopic (exact) mass is 376 g/mol. The van der Waals surface area contributed by atoms with Gasteiger partial charge in [-0.2, -0.15) is 0 Å². The molecule has 0 aromatic heterocycles. The van der Waals surface area contributed by atoms with Gasteiger partial charge in [0.15, 0.2) is 0 Å². The van der Waals surface area contributed by atoms with E-state index >= 15 is 0 Å². The Bertz CT molecular complexity index is 904. The number of benzene rings is 3. The van der Waals surface area contributed by atoms with Crippen LogP contribution >= 0.6 is 0 Å². The standard InChI is InChI=1S/C25H29FN2/c1-20-9-8-10-21(17-20)18-28(16-15-27(2)3)19-22-11-4-5-12-23(22)24-13-6-7-14-25(24)26/h4-14,17H,15-16,18-19H2,1-3H3. The molecule has 146 valence electrons. The Morgan fingerprint density at radius 3 is 2.18 bits per heavy atom. The lowest BCUT2D eigenvalue weighted by Crippen LogP contribution is -2.31. The van der Waals surface area contributed by atoms with Gasteiger partial charge in [-0.3, -0.25) is 4.90 Å². The van der Waals surface area contributed by atoms with Crippen molar-refractivity contribution < 1.29 is 4.39 Å². The highest BCUT2D eigenvalue weighted by Crippen LogP contribution is 2.27. The van der Waals surface area contributed by atoms with Gasteiger partial charge in [0.25, 0.3) is 0 Å². The molecule has 0 aliphatic carbocycles. The Morgan fingerprint density at radius 2 is 1.46 bits per heavy atom. The number of halogens is 1. The van der Waals surface area contributed by atoms with Crippen molar-refractivity contribution in [3.05, 3.63) is 95.3 Å². The van der Waals surface area contributed by atoms with Gasteiger partial charge < -0.3 is 4.90 Å². The van der Waals surface area contributed by atoms with Crippen LogP contribution in [0.4, 0.5) is 4.39 Å². The first-order valence-corrected chi connectivity index (χ1v) is 9.78. The maximum atomic E-state index is 14.4. The van der Waals surface area contributed by atoms with Crippen LogP contribution in [0.2, 0.25) is 0 Å². The normalized spacial score (nSPS) is 11.4. The van der Waals surface area contributed by atoms with E-state index in [2.05, 4.69) is 61.2 Å². The highest BCUT2D eigenvalue weighted by Gasteiger charge is 2.13. The van der Waals surface area contributed by atoms with Crippen molar-refractivity contribution in [2.45, 2.75) is 20.0 Å². The van der Waals surface area contributed by atoms with Crippen LogP contribution in [0, 0.1) is 12.7 Å². The first-order valence-electron chi connectivity index (χ1n) is 9.78. The van der Waals surface area contributed by atoms with E-state index in [0.29, 0.717) is 5.56 Å². The summed E-state index contributed by atoms with van der Waals surface area (Å²) < 4.78 is 14.4. The molecule has 0 N–H and O–H groups in total. The zero-order chi connectivity index (χ0) is 19.9. The van der Waals surface area contributed by atoms with Gasteiger partial charge in [-0.1, -0.05) is 72.3 Å². The lowest BCUT2D eigenvalue weighted by Gasteiger charge is -2.25. The fourth-order valence-electron chi connectivity index (χ4n) is 3.47. The molecular formula is C25H29FN2. The Morgan fingerprint density at radius 1 is 0.750 bits per heavy atom. The Labute approximate surface area is 168 Å². The van der Waals surface area contributed by atoms with E-state index in [4.69, 9.17) is 0 Å². The molecule has 0 aliphatic heterocycles. The van der Waals surface area contributed by atoms with Crippen LogP contribution in [0.3, 0.4) is 0 Å². The predicted molar refractivity (Wildman–Crippen MR) is 116 cm³/mol. The second kappa shape index (κ2) is 9.63. The topological polar surface area (TPSA) is 6.48 Å². The summed E-state index contributed by atoms with van der Waals surface area (Å²) in [5, 5.41) is 0. The average Bonchev–Trinajstić information content (AvgIpc) is 2.67. The van der Waals surface area contributed by atoms with E-state index in [9.17, 15) is 4.39 Å². The van der Waals surface area contributed by atoms with Gasteiger partial charge >= 0.3 is 0 Å². The number of hydrogen-bond donors (Lipinski definition) is 0. The number of likely N-dealkylation sites (N-methyl/N-ethyl adjacent to an activating group) is 1. The van der Waals surface area contributed by atoms with Crippen molar-refractivity contribution in [2.24, 2.45) is 0 Å². The van der Waals surface area contributed by atoms with Crippen molar-refractivity contribution in [2.75, 3.05) is 27.2 Å². The Balaban J connectivity index is 1.87. The minimum absolute atomic E-state index is 0.173. The number of nitrogens with zero attached hydrogens (tertiary/aromatic N) is 2. The third-order valence-corrected chi connectivity index (χ3v) is 4.93. The zero-order valence-electron chi connectivity index (χ0n) is 17.0. The van der Waals surface area contributed by atoms with Gasteiger partial charge in [-0.15, -0.1) is 0 Å². The fraction of sp³-hybridized carbons (Fsp3) is 0.280. The summed E-state index contributed by atoms with van der Waals surface area (Å²) in [5.74, 6) is -0.173. The molecule has 0 spiro atoms. The summed E-state index contributed by atoms with van der Waals surface area (Å²) >= 11 is 0. The molecule has 0 atom stereocenters. The summed E-state index contributed by atoms with van der Waals surface area (Å²) in [6.07, 6.45) is 0. The molecule has 28 heavy (non-hydrogen) atoms. The quantitative estimate of drug-likeness (QED) is 0.522. The van der Waals surface area contributed by atoms with E-state index in [0.717, 1.165) is 37.3 Å². The minimum atomic E-state index is -0.173. The van der Waals surface area contributed by atoms with Crippen LogP contribution in [0.15, 0.2) is 72.8 Å².